The number of aryl methyl sites for hydroxylation is 1. The van der Waals surface area contributed by atoms with Crippen LogP contribution in [0.3, 0.4) is 0 Å². The smallest absolute Gasteiger partial charge is 0.271 e. The first kappa shape index (κ1) is 17.9. The highest BCUT2D eigenvalue weighted by Gasteiger charge is 2.08. The van der Waals surface area contributed by atoms with Crippen LogP contribution in [0.1, 0.15) is 22.8 Å². The molecule has 0 radical (unpaired) electrons. The molecule has 0 saturated carbocycles. The Labute approximate surface area is 156 Å². The highest BCUT2D eigenvalue weighted by atomic mass is 32.2. The Kier molecular flexibility index (Phi) is 5.53. The van der Waals surface area contributed by atoms with Gasteiger partial charge < -0.3 is 5.32 Å². The molecule has 0 saturated heterocycles. The van der Waals surface area contributed by atoms with Gasteiger partial charge in [0.1, 0.15) is 5.03 Å². The van der Waals surface area contributed by atoms with Gasteiger partial charge in [-0.3, -0.25) is 9.59 Å². The number of benzene rings is 2. The van der Waals surface area contributed by atoms with E-state index in [4.69, 9.17) is 0 Å². The van der Waals surface area contributed by atoms with Crippen molar-refractivity contribution in [3.63, 3.8) is 0 Å². The van der Waals surface area contributed by atoms with Crippen molar-refractivity contribution in [1.29, 1.82) is 0 Å². The van der Waals surface area contributed by atoms with Gasteiger partial charge in [0.25, 0.3) is 11.5 Å². The molecule has 0 atom stereocenters. The lowest BCUT2D eigenvalue weighted by Gasteiger charge is -2.08. The van der Waals surface area contributed by atoms with Gasteiger partial charge in [0.2, 0.25) is 0 Å². The molecule has 1 heterocycles. The van der Waals surface area contributed by atoms with Crippen molar-refractivity contribution in [2.75, 3.05) is 6.54 Å². The maximum atomic E-state index is 12.2. The number of hydrogen-bond donors (Lipinski definition) is 1. The van der Waals surface area contributed by atoms with Crippen molar-refractivity contribution in [2.45, 2.75) is 23.8 Å². The minimum absolute atomic E-state index is 0.136. The molecule has 0 aliphatic rings. The summed E-state index contributed by atoms with van der Waals surface area (Å²) in [6, 6.07) is 18.2. The zero-order chi connectivity index (χ0) is 18.5. The third-order valence-corrected chi connectivity index (χ3v) is 4.67. The van der Waals surface area contributed by atoms with E-state index in [2.05, 4.69) is 10.4 Å². The molecule has 1 amide bonds. The number of nitrogens with one attached hydrogen (secondary N) is 1. The fourth-order valence-corrected chi connectivity index (χ4v) is 3.15. The monoisotopic (exact) mass is 365 g/mol. The zero-order valence-electron chi connectivity index (χ0n) is 14.6. The molecule has 5 nitrogen and oxygen atoms in total. The van der Waals surface area contributed by atoms with Gasteiger partial charge in [-0.05, 0) is 56.3 Å². The van der Waals surface area contributed by atoms with Crippen molar-refractivity contribution in [3.05, 3.63) is 82.1 Å². The molecule has 0 aliphatic carbocycles. The first-order valence-corrected chi connectivity index (χ1v) is 9.12. The molecule has 1 aromatic heterocycles. The van der Waals surface area contributed by atoms with Gasteiger partial charge in [0.05, 0.1) is 5.69 Å². The summed E-state index contributed by atoms with van der Waals surface area (Å²) in [6.07, 6.45) is 0. The van der Waals surface area contributed by atoms with E-state index < -0.39 is 0 Å². The van der Waals surface area contributed by atoms with Gasteiger partial charge in [-0.1, -0.05) is 29.5 Å². The van der Waals surface area contributed by atoms with Gasteiger partial charge in [0.15, 0.2) is 0 Å². The third-order valence-electron chi connectivity index (χ3n) is 3.73. The van der Waals surface area contributed by atoms with Gasteiger partial charge >= 0.3 is 0 Å². The van der Waals surface area contributed by atoms with Crippen molar-refractivity contribution in [1.82, 2.24) is 15.1 Å². The molecule has 0 spiro atoms. The van der Waals surface area contributed by atoms with Gasteiger partial charge in [-0.25, -0.2) is 0 Å². The standard InChI is InChI=1S/C20H19N3O2S/c1-3-21-20(25)15-6-8-16(9-7-15)23-19(24)13-12-18(22-23)26-17-10-4-14(2)5-11-17/h4-13H,3H2,1-2H3,(H,21,25). The highest BCUT2D eigenvalue weighted by Crippen LogP contribution is 2.25. The SMILES string of the molecule is CCNC(=O)c1ccc(-n2nc(Sc3ccc(C)cc3)ccc2=O)cc1. The summed E-state index contributed by atoms with van der Waals surface area (Å²) in [5.41, 5.74) is 2.15. The average Bonchev–Trinajstić information content (AvgIpc) is 2.65. The summed E-state index contributed by atoms with van der Waals surface area (Å²) in [4.78, 5) is 25.1. The number of carbonyl (C=O) groups excluding carboxylic acids is 1. The molecule has 3 aromatic rings. The van der Waals surface area contributed by atoms with Crippen LogP contribution in [-0.2, 0) is 0 Å². The number of carbonyl (C=O) groups is 1. The van der Waals surface area contributed by atoms with Crippen LogP contribution in [0.2, 0.25) is 0 Å². The third kappa shape index (κ3) is 4.21. The minimum atomic E-state index is -0.219. The van der Waals surface area contributed by atoms with E-state index in [0.29, 0.717) is 17.8 Å². The number of aromatic nitrogens is 2. The average molecular weight is 365 g/mol. The molecule has 3 rings (SSSR count). The molecular formula is C20H19N3O2S. The fraction of sp³-hybridized carbons (Fsp3) is 0.150. The molecule has 0 fully saturated rings. The van der Waals surface area contributed by atoms with Crippen molar-refractivity contribution >= 4 is 17.7 Å². The van der Waals surface area contributed by atoms with Crippen LogP contribution in [0.15, 0.2) is 75.4 Å². The van der Waals surface area contributed by atoms with Crippen LogP contribution in [0.5, 0.6) is 0 Å². The maximum absolute atomic E-state index is 12.2. The van der Waals surface area contributed by atoms with E-state index in [-0.39, 0.29) is 11.5 Å². The summed E-state index contributed by atoms with van der Waals surface area (Å²) in [6.45, 7) is 4.48. The Morgan fingerprint density at radius 2 is 1.73 bits per heavy atom. The van der Waals surface area contributed by atoms with Crippen molar-refractivity contribution in [3.8, 4) is 5.69 Å². The van der Waals surface area contributed by atoms with E-state index in [9.17, 15) is 9.59 Å². The van der Waals surface area contributed by atoms with E-state index >= 15 is 0 Å². The molecular weight excluding hydrogens is 346 g/mol. The zero-order valence-corrected chi connectivity index (χ0v) is 15.4. The van der Waals surface area contributed by atoms with Gasteiger partial charge in [-0.2, -0.15) is 9.78 Å². The normalized spacial score (nSPS) is 10.5. The Hall–Kier alpha value is -2.86. The lowest BCUT2D eigenvalue weighted by Crippen LogP contribution is -2.23. The molecule has 2 aromatic carbocycles. The summed E-state index contributed by atoms with van der Waals surface area (Å²) in [5, 5.41) is 7.91. The lowest BCUT2D eigenvalue weighted by atomic mass is 10.2. The summed E-state index contributed by atoms with van der Waals surface area (Å²) >= 11 is 1.49. The van der Waals surface area contributed by atoms with Crippen LogP contribution in [0, 0.1) is 6.92 Å². The van der Waals surface area contributed by atoms with Crippen molar-refractivity contribution < 1.29 is 4.79 Å². The Morgan fingerprint density at radius 1 is 1.04 bits per heavy atom. The van der Waals surface area contributed by atoms with E-state index in [1.54, 1.807) is 30.3 Å². The number of rotatable bonds is 5. The van der Waals surface area contributed by atoms with Crippen LogP contribution in [0.4, 0.5) is 0 Å². The predicted octanol–water partition coefficient (Wildman–Crippen LogP) is 3.44. The number of hydrogen-bond acceptors (Lipinski definition) is 4. The van der Waals surface area contributed by atoms with Gasteiger partial charge in [-0.15, -0.1) is 0 Å². The Bertz CT molecular complexity index is 964. The first-order chi connectivity index (χ1) is 12.6. The predicted molar refractivity (Wildman–Crippen MR) is 103 cm³/mol. The Morgan fingerprint density at radius 3 is 2.38 bits per heavy atom. The fourth-order valence-electron chi connectivity index (χ4n) is 2.38. The van der Waals surface area contributed by atoms with E-state index in [1.807, 2.05) is 38.1 Å². The number of nitrogens with zero attached hydrogens (tertiary/aromatic N) is 2. The highest BCUT2D eigenvalue weighted by molar-refractivity contribution is 7.99. The van der Waals surface area contributed by atoms with Gasteiger partial charge in [0, 0.05) is 23.1 Å². The van der Waals surface area contributed by atoms with Crippen LogP contribution >= 0.6 is 11.8 Å². The largest absolute Gasteiger partial charge is 0.352 e. The van der Waals surface area contributed by atoms with Crippen LogP contribution in [0.25, 0.3) is 5.69 Å². The lowest BCUT2D eigenvalue weighted by molar-refractivity contribution is 0.0956. The number of amides is 1. The summed E-state index contributed by atoms with van der Waals surface area (Å²) < 4.78 is 1.35. The molecule has 0 unspecified atom stereocenters. The maximum Gasteiger partial charge on any atom is 0.271 e. The summed E-state index contributed by atoms with van der Waals surface area (Å²) in [7, 11) is 0. The van der Waals surface area contributed by atoms with E-state index in [1.165, 1.54) is 28.1 Å². The Balaban J connectivity index is 1.86. The minimum Gasteiger partial charge on any atom is -0.352 e. The molecule has 6 heteroatoms. The topological polar surface area (TPSA) is 64.0 Å². The van der Waals surface area contributed by atoms with E-state index in [0.717, 1.165) is 9.92 Å². The van der Waals surface area contributed by atoms with Crippen LogP contribution < -0.4 is 10.9 Å². The molecule has 132 valence electrons. The molecule has 0 bridgehead atoms. The molecule has 1 N–H and O–H groups in total. The van der Waals surface area contributed by atoms with Crippen molar-refractivity contribution in [2.24, 2.45) is 0 Å². The first-order valence-electron chi connectivity index (χ1n) is 8.30. The second-order valence-corrected chi connectivity index (χ2v) is 6.84. The molecule has 26 heavy (non-hydrogen) atoms. The second kappa shape index (κ2) is 8.01. The second-order valence-electron chi connectivity index (χ2n) is 5.74. The summed E-state index contributed by atoms with van der Waals surface area (Å²) in [5.74, 6) is -0.136. The van der Waals surface area contributed by atoms with Crippen LogP contribution in [-0.4, -0.2) is 22.2 Å². The quantitative estimate of drug-likeness (QED) is 0.752. The molecule has 0 aliphatic heterocycles.